The molecule has 0 aliphatic heterocycles. The lowest BCUT2D eigenvalue weighted by Gasteiger charge is -2.18. The van der Waals surface area contributed by atoms with Gasteiger partial charge in [-0.15, -0.1) is 0 Å². The van der Waals surface area contributed by atoms with Crippen LogP contribution in [0.2, 0.25) is 0 Å². The van der Waals surface area contributed by atoms with Crippen LogP contribution in [0.5, 0.6) is 0 Å². The maximum atomic E-state index is 13.8. The maximum Gasteiger partial charge on any atom is 0.416 e. The summed E-state index contributed by atoms with van der Waals surface area (Å²) >= 11 is 0. The molecule has 7 rings (SSSR count). The number of benzene rings is 3. The molecule has 0 bridgehead atoms. The molecule has 3 aromatic carbocycles. The van der Waals surface area contributed by atoms with Crippen molar-refractivity contribution in [3.63, 3.8) is 0 Å². The summed E-state index contributed by atoms with van der Waals surface area (Å²) in [6.07, 6.45) is -7.33. The van der Waals surface area contributed by atoms with Gasteiger partial charge in [0.25, 0.3) is 0 Å². The minimum atomic E-state index is -4.79. The van der Waals surface area contributed by atoms with E-state index in [0.29, 0.717) is 0 Å². The van der Waals surface area contributed by atoms with E-state index in [1.807, 2.05) is 48.6 Å². The van der Waals surface area contributed by atoms with Crippen molar-refractivity contribution in [2.45, 2.75) is 12.4 Å². The van der Waals surface area contributed by atoms with Crippen molar-refractivity contribution in [3.8, 4) is 48.6 Å². The van der Waals surface area contributed by atoms with E-state index in [-0.39, 0.29) is 89.3 Å². The van der Waals surface area contributed by atoms with Gasteiger partial charge in [-0.1, -0.05) is 24.3 Å². The first kappa shape index (κ1) is 40.6. The Labute approximate surface area is 346 Å². The molecule has 0 saturated carbocycles. The van der Waals surface area contributed by atoms with E-state index in [0.717, 1.165) is 60.9 Å². The first-order chi connectivity index (χ1) is 29.7. The summed E-state index contributed by atoms with van der Waals surface area (Å²) in [5.74, 6) is 0. The van der Waals surface area contributed by atoms with Gasteiger partial charge in [0, 0.05) is 56.9 Å². The zero-order chi connectivity index (χ0) is 44.7. The Bertz CT molecular complexity index is 3090. The van der Waals surface area contributed by atoms with Gasteiger partial charge in [0.1, 0.15) is 48.6 Å². The lowest BCUT2D eigenvalue weighted by atomic mass is 9.81. The molecule has 0 fully saturated rings. The van der Waals surface area contributed by atoms with Crippen molar-refractivity contribution in [1.29, 1.82) is 42.1 Å². The molecule has 10 nitrogen and oxygen atoms in total. The van der Waals surface area contributed by atoms with Crippen LogP contribution in [0.4, 0.5) is 26.3 Å². The highest BCUT2D eigenvalue weighted by Crippen LogP contribution is 2.59. The molecule has 62 heavy (non-hydrogen) atoms. The van der Waals surface area contributed by atoms with Gasteiger partial charge in [-0.25, -0.2) is 0 Å². The lowest BCUT2D eigenvalue weighted by molar-refractivity contribution is -0.138. The zero-order valence-corrected chi connectivity index (χ0v) is 30.8. The van der Waals surface area contributed by atoms with Crippen LogP contribution >= 0.6 is 0 Å². The zero-order valence-electron chi connectivity index (χ0n) is 30.8. The fourth-order valence-corrected chi connectivity index (χ4v) is 7.37. The molecule has 0 atom stereocenters. The predicted octanol–water partition coefficient (Wildman–Crippen LogP) is 9.77. The van der Waals surface area contributed by atoms with E-state index in [4.69, 9.17) is 0 Å². The first-order valence-electron chi connectivity index (χ1n) is 17.4. The minimum Gasteiger partial charge on any atom is -0.254 e. The number of nitriles is 8. The van der Waals surface area contributed by atoms with E-state index in [1.165, 1.54) is 24.3 Å². The van der Waals surface area contributed by atoms with E-state index < -0.39 is 45.8 Å². The van der Waals surface area contributed by atoms with E-state index >= 15 is 0 Å². The molecule has 5 aromatic rings. The molecule has 0 N–H and O–H groups in total. The lowest BCUT2D eigenvalue weighted by Crippen LogP contribution is -2.06. The number of alkyl halides is 6. The van der Waals surface area contributed by atoms with Crippen LogP contribution < -0.4 is 0 Å². The molecule has 2 aliphatic carbocycles. The van der Waals surface area contributed by atoms with Gasteiger partial charge in [-0.3, -0.25) is 9.97 Å². The number of allylic oxidation sites excluding steroid dienone is 8. The highest BCUT2D eigenvalue weighted by molar-refractivity contribution is 6.36. The van der Waals surface area contributed by atoms with Gasteiger partial charge < -0.3 is 0 Å². The third kappa shape index (κ3) is 6.43. The Kier molecular flexibility index (Phi) is 10.0. The molecule has 0 radical (unpaired) electrons. The number of hydrogen-bond donors (Lipinski definition) is 0. The molecule has 0 unspecified atom stereocenters. The first-order valence-corrected chi connectivity index (χ1v) is 17.4. The van der Waals surface area contributed by atoms with Crippen LogP contribution in [0.15, 0.2) is 85.2 Å². The van der Waals surface area contributed by atoms with Crippen LogP contribution in [0, 0.1) is 90.6 Å². The van der Waals surface area contributed by atoms with Gasteiger partial charge in [-0.2, -0.15) is 68.4 Å². The molecular weight excluding hydrogens is 807 g/mol. The van der Waals surface area contributed by atoms with Crippen LogP contribution in [0.3, 0.4) is 0 Å². The van der Waals surface area contributed by atoms with Gasteiger partial charge in [0.2, 0.25) is 0 Å². The molecule has 290 valence electrons. The van der Waals surface area contributed by atoms with Crippen LogP contribution in [-0.4, -0.2) is 9.97 Å². The second kappa shape index (κ2) is 15.3. The van der Waals surface area contributed by atoms with Crippen molar-refractivity contribution in [2.24, 2.45) is 0 Å². The van der Waals surface area contributed by atoms with Crippen molar-refractivity contribution in [2.75, 3.05) is 0 Å². The van der Waals surface area contributed by atoms with Gasteiger partial charge >= 0.3 is 12.4 Å². The number of aromatic nitrogens is 2. The van der Waals surface area contributed by atoms with E-state index in [2.05, 4.69) is 9.97 Å². The minimum absolute atomic E-state index is 0.0718. The Balaban J connectivity index is 1.72. The molecule has 0 saturated heterocycles. The average Bonchev–Trinajstić information content (AvgIpc) is 3.79. The van der Waals surface area contributed by atoms with E-state index in [9.17, 15) is 68.4 Å². The average molecular weight is 821 g/mol. The predicted molar refractivity (Wildman–Crippen MR) is 206 cm³/mol. The second-order valence-electron chi connectivity index (χ2n) is 13.2. The molecular formula is C46H14F6N10. The normalized spacial score (nSPS) is 14.4. The summed E-state index contributed by atoms with van der Waals surface area (Å²) in [7, 11) is 0. The molecule has 16 heteroatoms. The number of rotatable bonds is 4. The summed E-state index contributed by atoms with van der Waals surface area (Å²) in [5, 5.41) is 84.6. The fourth-order valence-electron chi connectivity index (χ4n) is 7.37. The third-order valence-electron chi connectivity index (χ3n) is 9.97. The monoisotopic (exact) mass is 820 g/mol. The maximum absolute atomic E-state index is 13.8. The Morgan fingerprint density at radius 3 is 1.03 bits per heavy atom. The smallest absolute Gasteiger partial charge is 0.254 e. The largest absolute Gasteiger partial charge is 0.416 e. The number of pyridine rings is 2. The van der Waals surface area contributed by atoms with Gasteiger partial charge in [-0.05, 0) is 59.7 Å². The standard InChI is InChI=1S/C46H14F6N10/c47-45(48,49)27-7-3-25(4-8-27)37-31(17-57)39-33(19-59)40-32(18-58)38(26-5-9-28(10-6-26)46(50,51)52)42(30(16-56)36-12-2-24(14-54)22-62-36)44(40)34(20-60)43(39)41(37)29(15-55)35-11-1-23(13-53)21-61-35/h1-12,21-22H/b41-29+,42-30+. The molecule has 0 spiro atoms. The van der Waals surface area contributed by atoms with Crippen molar-refractivity contribution in [1.82, 2.24) is 9.97 Å². The Morgan fingerprint density at radius 2 is 0.774 bits per heavy atom. The van der Waals surface area contributed by atoms with Crippen LogP contribution in [0.1, 0.15) is 78.1 Å². The topological polar surface area (TPSA) is 216 Å². The Hall–Kier alpha value is -9.58. The summed E-state index contributed by atoms with van der Waals surface area (Å²) in [4.78, 5) is 8.45. The molecule has 2 heterocycles. The van der Waals surface area contributed by atoms with Crippen molar-refractivity contribution >= 4 is 44.6 Å². The van der Waals surface area contributed by atoms with Crippen molar-refractivity contribution in [3.05, 3.63) is 163 Å². The summed E-state index contributed by atoms with van der Waals surface area (Å²) < 4.78 is 82.6. The number of fused-ring (bicyclic) bond motifs is 2. The van der Waals surface area contributed by atoms with Crippen LogP contribution in [0.25, 0.3) is 44.6 Å². The fraction of sp³-hybridized carbons (Fsp3) is 0.0435. The highest BCUT2D eigenvalue weighted by Gasteiger charge is 2.44. The van der Waals surface area contributed by atoms with Gasteiger partial charge in [0.15, 0.2) is 0 Å². The quantitative estimate of drug-likeness (QED) is 0.123. The molecule has 2 aromatic heterocycles. The Morgan fingerprint density at radius 1 is 0.419 bits per heavy atom. The number of nitrogens with zero attached hydrogens (tertiary/aromatic N) is 10. The third-order valence-corrected chi connectivity index (χ3v) is 9.97. The molecule has 0 amide bonds. The van der Waals surface area contributed by atoms with Gasteiger partial charge in [0.05, 0.1) is 67.1 Å². The molecule has 2 aliphatic rings. The number of halogens is 6. The van der Waals surface area contributed by atoms with E-state index in [1.54, 1.807) is 0 Å². The SMILES string of the molecule is N#CC1=C(c2ccc(C(F)(F)F)cc2)/C(=C(/C#N)c2ccc(C#N)cn2)c2c(C#N)c3c(c(C#N)c21)C(C#N)=C(c1ccc(C(F)(F)F)cc1)/C3=C(/C#N)c1ccc(C#N)cn1. The highest BCUT2D eigenvalue weighted by atomic mass is 19.4. The number of hydrogen-bond acceptors (Lipinski definition) is 10. The summed E-state index contributed by atoms with van der Waals surface area (Å²) in [6.45, 7) is 0. The summed E-state index contributed by atoms with van der Waals surface area (Å²) in [5.41, 5.74) is -7.02. The van der Waals surface area contributed by atoms with Crippen molar-refractivity contribution < 1.29 is 26.3 Å². The summed E-state index contributed by atoms with van der Waals surface area (Å²) in [6, 6.07) is 27.8. The van der Waals surface area contributed by atoms with Crippen LogP contribution in [-0.2, 0) is 12.4 Å². The second-order valence-corrected chi connectivity index (χ2v) is 13.2.